The fraction of sp³-hybridized carbons (Fsp3) is 0.714. The Bertz CT molecular complexity index is 408. The summed E-state index contributed by atoms with van der Waals surface area (Å²) in [7, 11) is 0. The highest BCUT2D eigenvalue weighted by Gasteiger charge is 2.32. The molecule has 108 valence electrons. The fourth-order valence-electron chi connectivity index (χ4n) is 2.70. The second kappa shape index (κ2) is 6.44. The summed E-state index contributed by atoms with van der Waals surface area (Å²) in [5.74, 6) is 0. The first-order valence-corrected chi connectivity index (χ1v) is 8.86. The molecular weight excluding hydrogens is 344 g/mol. The maximum absolute atomic E-state index is 6.15. The number of hydrogen-bond acceptors (Lipinski definition) is 3. The van der Waals surface area contributed by atoms with E-state index in [0.717, 1.165) is 21.9 Å². The lowest BCUT2D eigenvalue weighted by atomic mass is 9.78. The van der Waals surface area contributed by atoms with Crippen LogP contribution in [0.1, 0.15) is 44.0 Å². The number of piperidine rings is 1. The van der Waals surface area contributed by atoms with Crippen LogP contribution in [0.5, 0.6) is 0 Å². The number of nitrogens with two attached hydrogens (primary N) is 1. The molecule has 2 heterocycles. The van der Waals surface area contributed by atoms with E-state index >= 15 is 0 Å². The van der Waals surface area contributed by atoms with Gasteiger partial charge in [0.1, 0.15) is 4.34 Å². The number of likely N-dealkylation sites (tertiary alicyclic amines) is 1. The minimum Gasteiger partial charge on any atom is -0.329 e. The van der Waals surface area contributed by atoms with Crippen LogP contribution in [0.4, 0.5) is 0 Å². The van der Waals surface area contributed by atoms with Gasteiger partial charge >= 0.3 is 0 Å². The van der Waals surface area contributed by atoms with Crippen LogP contribution in [0, 0.1) is 5.41 Å². The van der Waals surface area contributed by atoms with E-state index in [2.05, 4.69) is 40.7 Å². The topological polar surface area (TPSA) is 29.3 Å². The van der Waals surface area contributed by atoms with Crippen LogP contribution in [0.25, 0.3) is 0 Å². The first-order chi connectivity index (χ1) is 8.99. The molecule has 2 nitrogen and oxygen atoms in total. The van der Waals surface area contributed by atoms with Crippen LogP contribution in [0.15, 0.2) is 10.5 Å². The molecule has 0 radical (unpaired) electrons. The van der Waals surface area contributed by atoms with Crippen molar-refractivity contribution in [3.63, 3.8) is 0 Å². The molecule has 1 aromatic rings. The Morgan fingerprint density at radius 1 is 1.53 bits per heavy atom. The maximum atomic E-state index is 6.15. The van der Waals surface area contributed by atoms with Crippen molar-refractivity contribution in [1.82, 2.24) is 4.90 Å². The van der Waals surface area contributed by atoms with E-state index in [4.69, 9.17) is 17.3 Å². The van der Waals surface area contributed by atoms with E-state index < -0.39 is 0 Å². The summed E-state index contributed by atoms with van der Waals surface area (Å²) in [5, 5.41) is 0. The third-order valence-electron chi connectivity index (χ3n) is 4.52. The molecular formula is C14H22BrClN2S. The van der Waals surface area contributed by atoms with Crippen LogP contribution in [-0.2, 0) is 0 Å². The van der Waals surface area contributed by atoms with E-state index in [-0.39, 0.29) is 0 Å². The predicted molar refractivity (Wildman–Crippen MR) is 88.0 cm³/mol. The number of nitrogens with zero attached hydrogens (tertiary/aromatic N) is 1. The standard InChI is InChI=1S/C14H22BrClN2S/c1-3-14(2)4-6-18(7-5-14)11(9-17)12-8-10(15)13(16)19-12/h8,11H,3-7,9,17H2,1-2H3. The molecule has 19 heavy (non-hydrogen) atoms. The minimum atomic E-state index is 0.315. The molecule has 2 rings (SSSR count). The molecule has 0 amide bonds. The van der Waals surface area contributed by atoms with Crippen molar-refractivity contribution in [1.29, 1.82) is 0 Å². The quantitative estimate of drug-likeness (QED) is 0.839. The molecule has 2 N–H and O–H groups in total. The highest BCUT2D eigenvalue weighted by atomic mass is 79.9. The summed E-state index contributed by atoms with van der Waals surface area (Å²) >= 11 is 11.3. The van der Waals surface area contributed by atoms with Crippen LogP contribution in [-0.4, -0.2) is 24.5 Å². The SMILES string of the molecule is CCC1(C)CCN(C(CN)c2cc(Br)c(Cl)s2)CC1. The lowest BCUT2D eigenvalue weighted by Crippen LogP contribution is -2.42. The highest BCUT2D eigenvalue weighted by molar-refractivity contribution is 9.10. The molecule has 0 spiro atoms. The number of hydrogen-bond donors (Lipinski definition) is 1. The Morgan fingerprint density at radius 2 is 2.16 bits per heavy atom. The van der Waals surface area contributed by atoms with Gasteiger partial charge in [-0.2, -0.15) is 0 Å². The van der Waals surface area contributed by atoms with Crippen molar-refractivity contribution in [2.24, 2.45) is 11.1 Å². The first-order valence-electron chi connectivity index (χ1n) is 6.88. The van der Waals surface area contributed by atoms with E-state index in [1.807, 2.05) is 0 Å². The molecule has 1 aromatic heterocycles. The Hall–Kier alpha value is 0.390. The van der Waals surface area contributed by atoms with Gasteiger partial charge in [-0.25, -0.2) is 0 Å². The zero-order chi connectivity index (χ0) is 14.0. The molecule has 0 bridgehead atoms. The largest absolute Gasteiger partial charge is 0.329 e. The molecule has 1 aliphatic rings. The van der Waals surface area contributed by atoms with Gasteiger partial charge in [0, 0.05) is 15.9 Å². The van der Waals surface area contributed by atoms with Gasteiger partial charge in [0.25, 0.3) is 0 Å². The number of halogens is 2. The number of thiophene rings is 1. The van der Waals surface area contributed by atoms with Crippen LogP contribution >= 0.6 is 38.9 Å². The predicted octanol–water partition coefficient (Wildman–Crippen LogP) is 4.68. The summed E-state index contributed by atoms with van der Waals surface area (Å²) in [6.07, 6.45) is 3.80. The van der Waals surface area contributed by atoms with Crippen LogP contribution in [0.2, 0.25) is 4.34 Å². The minimum absolute atomic E-state index is 0.315. The summed E-state index contributed by atoms with van der Waals surface area (Å²) in [6, 6.07) is 2.44. The van der Waals surface area contributed by atoms with Crippen molar-refractivity contribution in [3.05, 3.63) is 19.8 Å². The normalized spacial score (nSPS) is 21.5. The number of rotatable bonds is 4. The second-order valence-corrected chi connectivity index (χ2v) is 8.26. The molecule has 0 aromatic carbocycles. The van der Waals surface area contributed by atoms with Crippen molar-refractivity contribution >= 4 is 38.9 Å². The Balaban J connectivity index is 2.07. The monoisotopic (exact) mass is 364 g/mol. The third-order valence-corrected chi connectivity index (χ3v) is 7.09. The smallest absolute Gasteiger partial charge is 0.107 e. The maximum Gasteiger partial charge on any atom is 0.107 e. The van der Waals surface area contributed by atoms with Crippen LogP contribution < -0.4 is 5.73 Å². The first kappa shape index (κ1) is 15.8. The van der Waals surface area contributed by atoms with Gasteiger partial charge in [0.15, 0.2) is 0 Å². The average molecular weight is 366 g/mol. The summed E-state index contributed by atoms with van der Waals surface area (Å²) in [6.45, 7) is 7.64. The van der Waals surface area contributed by atoms with E-state index in [1.54, 1.807) is 11.3 Å². The molecule has 1 aliphatic heterocycles. The van der Waals surface area contributed by atoms with Gasteiger partial charge in [-0.05, 0) is 53.3 Å². The lowest BCUT2D eigenvalue weighted by molar-refractivity contribution is 0.0840. The van der Waals surface area contributed by atoms with E-state index in [9.17, 15) is 0 Å². The van der Waals surface area contributed by atoms with Gasteiger partial charge in [-0.3, -0.25) is 4.90 Å². The zero-order valence-corrected chi connectivity index (χ0v) is 14.7. The van der Waals surface area contributed by atoms with Crippen LogP contribution in [0.3, 0.4) is 0 Å². The lowest BCUT2D eigenvalue weighted by Gasteiger charge is -2.42. The molecule has 1 fully saturated rings. The summed E-state index contributed by atoms with van der Waals surface area (Å²) in [5.41, 5.74) is 6.52. The van der Waals surface area contributed by atoms with Crippen molar-refractivity contribution in [2.45, 2.75) is 39.2 Å². The third kappa shape index (κ3) is 3.53. The molecule has 0 aliphatic carbocycles. The fourth-order valence-corrected chi connectivity index (χ4v) is 4.59. The zero-order valence-electron chi connectivity index (χ0n) is 11.6. The Labute approximate surface area is 133 Å². The van der Waals surface area contributed by atoms with Gasteiger partial charge < -0.3 is 5.73 Å². The second-order valence-electron chi connectivity index (χ2n) is 5.72. The average Bonchev–Trinajstić information content (AvgIpc) is 2.73. The molecule has 0 saturated carbocycles. The van der Waals surface area contributed by atoms with Gasteiger partial charge in [-0.1, -0.05) is 31.9 Å². The molecule has 1 atom stereocenters. The van der Waals surface area contributed by atoms with Crippen molar-refractivity contribution in [3.8, 4) is 0 Å². The Kier molecular flexibility index (Phi) is 5.34. The van der Waals surface area contributed by atoms with Crippen molar-refractivity contribution in [2.75, 3.05) is 19.6 Å². The van der Waals surface area contributed by atoms with Crippen molar-refractivity contribution < 1.29 is 0 Å². The van der Waals surface area contributed by atoms with Gasteiger partial charge in [0.05, 0.1) is 6.04 Å². The summed E-state index contributed by atoms with van der Waals surface area (Å²) < 4.78 is 1.81. The van der Waals surface area contributed by atoms with E-state index in [1.165, 1.54) is 24.1 Å². The molecule has 1 saturated heterocycles. The van der Waals surface area contributed by atoms with E-state index in [0.29, 0.717) is 18.0 Å². The van der Waals surface area contributed by atoms with Gasteiger partial charge in [-0.15, -0.1) is 11.3 Å². The highest BCUT2D eigenvalue weighted by Crippen LogP contribution is 2.40. The Morgan fingerprint density at radius 3 is 2.58 bits per heavy atom. The molecule has 1 unspecified atom stereocenters. The summed E-state index contributed by atoms with van der Waals surface area (Å²) in [4.78, 5) is 3.80. The van der Waals surface area contributed by atoms with Gasteiger partial charge in [0.2, 0.25) is 0 Å². The molecule has 5 heteroatoms.